The van der Waals surface area contributed by atoms with Crippen LogP contribution >= 0.6 is 11.3 Å². The third-order valence-corrected chi connectivity index (χ3v) is 6.73. The smallest absolute Gasteiger partial charge is 0.277 e. The van der Waals surface area contributed by atoms with Crippen molar-refractivity contribution in [1.29, 1.82) is 0 Å². The maximum absolute atomic E-state index is 11.4. The Hall–Kier alpha value is -3.67. The summed E-state index contributed by atoms with van der Waals surface area (Å²) in [5.74, 6) is 1.57. The number of nitrogens with one attached hydrogen (secondary N) is 1. The van der Waals surface area contributed by atoms with Gasteiger partial charge in [-0.05, 0) is 36.8 Å². The van der Waals surface area contributed by atoms with E-state index in [2.05, 4.69) is 20.9 Å². The lowest BCUT2D eigenvalue weighted by molar-refractivity contribution is 0.0705. The monoisotopic (exact) mass is 477 g/mol. The lowest BCUT2D eigenvalue weighted by Crippen LogP contribution is -2.36. The molecule has 174 valence electrons. The second-order valence-electron chi connectivity index (χ2n) is 7.85. The summed E-state index contributed by atoms with van der Waals surface area (Å²) in [6.07, 6.45) is 4.14. The molecule has 4 aromatic rings. The fourth-order valence-electron chi connectivity index (χ4n) is 3.74. The van der Waals surface area contributed by atoms with Crippen LogP contribution in [0, 0.1) is 0 Å². The van der Waals surface area contributed by atoms with Crippen LogP contribution in [0.5, 0.6) is 0 Å². The SMILES string of the molecule is Nc1ccc(-c2nc(N3CCOCC3)c3sc(CCc4ncc(C(=O)NO)cn4)cc3n2)cc1. The van der Waals surface area contributed by atoms with Gasteiger partial charge in [0, 0.05) is 48.0 Å². The van der Waals surface area contributed by atoms with Crippen molar-refractivity contribution >= 4 is 39.0 Å². The third kappa shape index (κ3) is 4.67. The van der Waals surface area contributed by atoms with Crippen LogP contribution in [0.3, 0.4) is 0 Å². The van der Waals surface area contributed by atoms with Crippen molar-refractivity contribution in [3.8, 4) is 11.4 Å². The van der Waals surface area contributed by atoms with E-state index in [9.17, 15) is 4.79 Å². The first-order valence-electron chi connectivity index (χ1n) is 10.8. The minimum atomic E-state index is -0.637. The number of hydroxylamine groups is 1. The van der Waals surface area contributed by atoms with E-state index in [1.807, 2.05) is 24.3 Å². The molecular weight excluding hydrogens is 454 g/mol. The van der Waals surface area contributed by atoms with Crippen molar-refractivity contribution < 1.29 is 14.7 Å². The van der Waals surface area contributed by atoms with E-state index in [4.69, 9.17) is 25.6 Å². The van der Waals surface area contributed by atoms with Gasteiger partial charge in [-0.25, -0.2) is 25.4 Å². The van der Waals surface area contributed by atoms with Crippen molar-refractivity contribution in [3.05, 3.63) is 59.0 Å². The number of aromatic nitrogens is 4. The van der Waals surface area contributed by atoms with Crippen molar-refractivity contribution in [3.63, 3.8) is 0 Å². The van der Waals surface area contributed by atoms with Gasteiger partial charge in [-0.1, -0.05) is 0 Å². The molecule has 1 aliphatic rings. The van der Waals surface area contributed by atoms with Crippen LogP contribution in [0.1, 0.15) is 21.1 Å². The molecule has 4 heterocycles. The number of rotatable bonds is 6. The van der Waals surface area contributed by atoms with E-state index >= 15 is 0 Å². The molecule has 0 bridgehead atoms. The Morgan fingerprint density at radius 1 is 1.12 bits per heavy atom. The number of morpholine rings is 1. The van der Waals surface area contributed by atoms with Crippen molar-refractivity contribution in [2.45, 2.75) is 12.8 Å². The molecule has 1 amide bonds. The molecule has 1 aromatic carbocycles. The molecule has 1 aliphatic heterocycles. The van der Waals surface area contributed by atoms with Crippen LogP contribution in [-0.4, -0.2) is 57.4 Å². The number of nitrogens with zero attached hydrogens (tertiary/aromatic N) is 5. The Bertz CT molecular complexity index is 1300. The van der Waals surface area contributed by atoms with Crippen molar-refractivity contribution in [2.75, 3.05) is 36.9 Å². The Labute approximate surface area is 199 Å². The van der Waals surface area contributed by atoms with E-state index in [-0.39, 0.29) is 5.56 Å². The summed E-state index contributed by atoms with van der Waals surface area (Å²) in [5, 5.41) is 8.72. The number of nitrogen functional groups attached to an aromatic ring is 1. The number of aryl methyl sites for hydroxylation is 2. The van der Waals surface area contributed by atoms with Crippen LogP contribution in [0.2, 0.25) is 0 Å². The molecule has 0 atom stereocenters. The van der Waals surface area contributed by atoms with E-state index in [0.29, 0.717) is 37.0 Å². The van der Waals surface area contributed by atoms with Gasteiger partial charge < -0.3 is 15.4 Å². The predicted molar refractivity (Wildman–Crippen MR) is 129 cm³/mol. The Morgan fingerprint density at radius 2 is 1.85 bits per heavy atom. The Morgan fingerprint density at radius 3 is 2.56 bits per heavy atom. The maximum Gasteiger partial charge on any atom is 0.277 e. The van der Waals surface area contributed by atoms with Gasteiger partial charge in [-0.15, -0.1) is 11.3 Å². The molecule has 0 aliphatic carbocycles. The topological polar surface area (TPSA) is 139 Å². The largest absolute Gasteiger partial charge is 0.399 e. The zero-order valence-corrected chi connectivity index (χ0v) is 19.1. The minimum Gasteiger partial charge on any atom is -0.399 e. The fourth-order valence-corrected chi connectivity index (χ4v) is 4.85. The van der Waals surface area contributed by atoms with Gasteiger partial charge in [-0.3, -0.25) is 10.0 Å². The molecule has 0 unspecified atom stereocenters. The van der Waals surface area contributed by atoms with Crippen LogP contribution in [-0.2, 0) is 17.6 Å². The van der Waals surface area contributed by atoms with Crippen LogP contribution in [0.15, 0.2) is 42.7 Å². The lowest BCUT2D eigenvalue weighted by atomic mass is 10.2. The number of carbonyl (C=O) groups is 1. The van der Waals surface area contributed by atoms with Gasteiger partial charge in [0.15, 0.2) is 11.6 Å². The quantitative estimate of drug-likeness (QED) is 0.217. The number of carbonyl (C=O) groups excluding carboxylic acids is 1. The summed E-state index contributed by atoms with van der Waals surface area (Å²) in [6.45, 7) is 2.90. The summed E-state index contributed by atoms with van der Waals surface area (Å²) in [5.41, 5.74) is 10.1. The molecule has 0 radical (unpaired) electrons. The number of hydrogen-bond donors (Lipinski definition) is 3. The van der Waals surface area contributed by atoms with Gasteiger partial charge in [0.1, 0.15) is 5.82 Å². The Balaban J connectivity index is 1.44. The Kier molecular flexibility index (Phi) is 6.30. The number of anilines is 2. The summed E-state index contributed by atoms with van der Waals surface area (Å²) in [7, 11) is 0. The first-order chi connectivity index (χ1) is 16.6. The van der Waals surface area contributed by atoms with E-state index in [1.54, 1.807) is 16.8 Å². The van der Waals surface area contributed by atoms with Gasteiger partial charge in [0.05, 0.1) is 29.0 Å². The highest BCUT2D eigenvalue weighted by atomic mass is 32.1. The highest BCUT2D eigenvalue weighted by Crippen LogP contribution is 2.35. The number of amides is 1. The van der Waals surface area contributed by atoms with Crippen LogP contribution < -0.4 is 16.1 Å². The normalized spacial score (nSPS) is 13.9. The van der Waals surface area contributed by atoms with Crippen molar-refractivity contribution in [1.82, 2.24) is 25.4 Å². The van der Waals surface area contributed by atoms with Gasteiger partial charge in [-0.2, -0.15) is 0 Å². The zero-order chi connectivity index (χ0) is 23.5. The van der Waals surface area contributed by atoms with E-state index < -0.39 is 5.91 Å². The molecule has 10 nitrogen and oxygen atoms in total. The van der Waals surface area contributed by atoms with Crippen LogP contribution in [0.25, 0.3) is 21.6 Å². The third-order valence-electron chi connectivity index (χ3n) is 5.55. The van der Waals surface area contributed by atoms with Gasteiger partial charge in [0.25, 0.3) is 5.91 Å². The average Bonchev–Trinajstić information content (AvgIpc) is 3.31. The number of ether oxygens (including phenoxy) is 1. The highest BCUT2D eigenvalue weighted by molar-refractivity contribution is 7.19. The summed E-state index contributed by atoms with van der Waals surface area (Å²) in [6, 6.07) is 9.67. The molecule has 11 heteroatoms. The number of nitrogens with two attached hydrogens (primary N) is 1. The van der Waals surface area contributed by atoms with E-state index in [1.165, 1.54) is 12.4 Å². The first kappa shape index (κ1) is 22.1. The molecule has 34 heavy (non-hydrogen) atoms. The molecule has 3 aromatic heterocycles. The number of hydrogen-bond acceptors (Lipinski definition) is 10. The predicted octanol–water partition coefficient (Wildman–Crippen LogP) is 2.47. The zero-order valence-electron chi connectivity index (χ0n) is 18.3. The summed E-state index contributed by atoms with van der Waals surface area (Å²) in [4.78, 5) is 33.1. The average molecular weight is 478 g/mol. The number of benzene rings is 1. The fraction of sp³-hybridized carbons (Fsp3) is 0.261. The second kappa shape index (κ2) is 9.67. The minimum absolute atomic E-state index is 0.203. The summed E-state index contributed by atoms with van der Waals surface area (Å²) < 4.78 is 6.58. The second-order valence-corrected chi connectivity index (χ2v) is 8.98. The number of fused-ring (bicyclic) bond motifs is 1. The van der Waals surface area contributed by atoms with Gasteiger partial charge in [0.2, 0.25) is 0 Å². The maximum atomic E-state index is 11.4. The lowest BCUT2D eigenvalue weighted by Gasteiger charge is -2.28. The highest BCUT2D eigenvalue weighted by Gasteiger charge is 2.20. The molecule has 5 rings (SSSR count). The molecule has 1 fully saturated rings. The number of thiophene rings is 1. The van der Waals surface area contributed by atoms with Crippen molar-refractivity contribution in [2.24, 2.45) is 0 Å². The van der Waals surface area contributed by atoms with Crippen LogP contribution in [0.4, 0.5) is 11.5 Å². The van der Waals surface area contributed by atoms with Gasteiger partial charge >= 0.3 is 0 Å². The molecular formula is C23H23N7O3S. The molecule has 1 saturated heterocycles. The molecule has 4 N–H and O–H groups in total. The first-order valence-corrected chi connectivity index (χ1v) is 11.7. The van der Waals surface area contributed by atoms with E-state index in [0.717, 1.165) is 46.0 Å². The summed E-state index contributed by atoms with van der Waals surface area (Å²) >= 11 is 1.67. The molecule has 0 spiro atoms. The standard InChI is InChI=1S/C23H23N7O3S/c24-16-3-1-14(2-4-16)21-27-18-11-17(5-6-19-25-12-15(13-26-19)23(31)29-32)34-20(18)22(28-21)30-7-9-33-10-8-30/h1-4,11-13,32H,5-10,24H2,(H,29,31). The molecule has 0 saturated carbocycles.